The number of hydrogen-bond acceptors (Lipinski definition) is 4. The van der Waals surface area contributed by atoms with Crippen LogP contribution in [0.4, 0.5) is 5.69 Å². The van der Waals surface area contributed by atoms with Crippen LogP contribution in [0.1, 0.15) is 43.2 Å². The molecule has 0 atom stereocenters. The van der Waals surface area contributed by atoms with Gasteiger partial charge in [-0.05, 0) is 48.9 Å². The summed E-state index contributed by atoms with van der Waals surface area (Å²) >= 11 is 0. The van der Waals surface area contributed by atoms with Gasteiger partial charge in [-0.2, -0.15) is 0 Å². The van der Waals surface area contributed by atoms with Crippen LogP contribution >= 0.6 is 0 Å². The van der Waals surface area contributed by atoms with Gasteiger partial charge in [0.15, 0.2) is 0 Å². The topological polar surface area (TPSA) is 75.7 Å². The van der Waals surface area contributed by atoms with E-state index in [-0.39, 0.29) is 30.6 Å². The fraction of sp³-hybridized carbons (Fsp3) is 0.400. The molecule has 2 aromatic carbocycles. The standard InChI is InChI=1S/C25H32N2O4/c1-27(2)24(29)17-16-21-11-6-13-22(19-21)26-23(28)14-7-15-25(30)31-18-8-12-20-9-4-3-5-10-20/h3-6,9-11,13,19H,7-8,12,14-18H2,1-2H3,(H,26,28). The average molecular weight is 425 g/mol. The highest BCUT2D eigenvalue weighted by Gasteiger charge is 2.08. The average Bonchev–Trinajstić information content (AvgIpc) is 2.76. The van der Waals surface area contributed by atoms with E-state index >= 15 is 0 Å². The molecule has 0 radical (unpaired) electrons. The minimum absolute atomic E-state index is 0.0707. The van der Waals surface area contributed by atoms with Gasteiger partial charge in [0.25, 0.3) is 0 Å². The molecular weight excluding hydrogens is 392 g/mol. The van der Waals surface area contributed by atoms with Gasteiger partial charge in [-0.15, -0.1) is 0 Å². The number of esters is 1. The Morgan fingerprint density at radius 1 is 0.839 bits per heavy atom. The first kappa shape index (κ1) is 24.1. The van der Waals surface area contributed by atoms with E-state index in [1.165, 1.54) is 5.56 Å². The number of anilines is 1. The first-order chi connectivity index (χ1) is 14.9. The van der Waals surface area contributed by atoms with Crippen molar-refractivity contribution in [3.05, 3.63) is 65.7 Å². The molecular formula is C25H32N2O4. The summed E-state index contributed by atoms with van der Waals surface area (Å²) in [7, 11) is 3.47. The summed E-state index contributed by atoms with van der Waals surface area (Å²) in [4.78, 5) is 37.3. The van der Waals surface area contributed by atoms with E-state index in [0.717, 1.165) is 18.4 Å². The largest absolute Gasteiger partial charge is 0.466 e. The zero-order valence-corrected chi connectivity index (χ0v) is 18.4. The van der Waals surface area contributed by atoms with E-state index < -0.39 is 0 Å². The highest BCUT2D eigenvalue weighted by molar-refractivity contribution is 5.91. The molecule has 2 amide bonds. The molecule has 0 aliphatic carbocycles. The Balaban J connectivity index is 1.61. The second-order valence-corrected chi connectivity index (χ2v) is 7.70. The van der Waals surface area contributed by atoms with Crippen molar-refractivity contribution in [2.75, 3.05) is 26.0 Å². The van der Waals surface area contributed by atoms with Crippen LogP contribution in [-0.4, -0.2) is 43.4 Å². The molecule has 166 valence electrons. The summed E-state index contributed by atoms with van der Waals surface area (Å²) in [5.41, 5.74) is 2.92. The van der Waals surface area contributed by atoms with Crippen LogP contribution in [0.25, 0.3) is 0 Å². The Kier molecular flexibility index (Phi) is 10.3. The minimum Gasteiger partial charge on any atom is -0.466 e. The van der Waals surface area contributed by atoms with Gasteiger partial charge >= 0.3 is 5.97 Å². The summed E-state index contributed by atoms with van der Waals surface area (Å²) < 4.78 is 5.24. The molecule has 6 nitrogen and oxygen atoms in total. The lowest BCUT2D eigenvalue weighted by Crippen LogP contribution is -2.21. The number of nitrogens with zero attached hydrogens (tertiary/aromatic N) is 1. The molecule has 0 saturated carbocycles. The predicted octanol–water partition coefficient (Wildman–Crippen LogP) is 3.99. The smallest absolute Gasteiger partial charge is 0.305 e. The normalized spacial score (nSPS) is 10.4. The minimum atomic E-state index is -0.270. The van der Waals surface area contributed by atoms with Crippen molar-refractivity contribution in [2.45, 2.75) is 44.9 Å². The maximum atomic E-state index is 12.2. The quantitative estimate of drug-likeness (QED) is 0.413. The number of amides is 2. The molecule has 0 aliphatic heterocycles. The molecule has 0 aromatic heterocycles. The van der Waals surface area contributed by atoms with Gasteiger partial charge in [0.2, 0.25) is 11.8 Å². The lowest BCUT2D eigenvalue weighted by Gasteiger charge is -2.11. The highest BCUT2D eigenvalue weighted by atomic mass is 16.5. The second kappa shape index (κ2) is 13.2. The van der Waals surface area contributed by atoms with E-state index in [4.69, 9.17) is 4.74 Å². The molecule has 0 unspecified atom stereocenters. The van der Waals surface area contributed by atoms with Crippen LogP contribution in [0.15, 0.2) is 54.6 Å². The number of ether oxygens (including phenoxy) is 1. The van der Waals surface area contributed by atoms with Gasteiger partial charge < -0.3 is 15.0 Å². The molecule has 1 N–H and O–H groups in total. The number of carbonyl (C=O) groups is 3. The fourth-order valence-electron chi connectivity index (χ4n) is 3.08. The molecule has 0 spiro atoms. The van der Waals surface area contributed by atoms with Crippen molar-refractivity contribution >= 4 is 23.5 Å². The van der Waals surface area contributed by atoms with Crippen molar-refractivity contribution in [1.29, 1.82) is 0 Å². The summed E-state index contributed by atoms with van der Waals surface area (Å²) in [5, 5.41) is 2.85. The third-order valence-corrected chi connectivity index (χ3v) is 4.84. The lowest BCUT2D eigenvalue weighted by atomic mass is 10.1. The predicted molar refractivity (Wildman–Crippen MR) is 122 cm³/mol. The van der Waals surface area contributed by atoms with Crippen LogP contribution in [0, 0.1) is 0 Å². The van der Waals surface area contributed by atoms with Crippen LogP contribution < -0.4 is 5.32 Å². The molecule has 6 heteroatoms. The van der Waals surface area contributed by atoms with Gasteiger partial charge in [-0.1, -0.05) is 42.5 Å². The summed E-state index contributed by atoms with van der Waals surface area (Å²) in [6.45, 7) is 0.392. The molecule has 0 heterocycles. The van der Waals surface area contributed by atoms with Crippen LogP contribution in [0.3, 0.4) is 0 Å². The van der Waals surface area contributed by atoms with E-state index in [1.54, 1.807) is 19.0 Å². The Bertz CT molecular complexity index is 850. The van der Waals surface area contributed by atoms with Crippen molar-refractivity contribution in [1.82, 2.24) is 4.90 Å². The maximum Gasteiger partial charge on any atom is 0.305 e. The number of benzene rings is 2. The highest BCUT2D eigenvalue weighted by Crippen LogP contribution is 2.14. The van der Waals surface area contributed by atoms with Crippen LogP contribution in [0.5, 0.6) is 0 Å². The Hall–Kier alpha value is -3.15. The first-order valence-electron chi connectivity index (χ1n) is 10.7. The summed E-state index contributed by atoms with van der Waals surface area (Å²) in [6, 6.07) is 17.6. The second-order valence-electron chi connectivity index (χ2n) is 7.70. The van der Waals surface area contributed by atoms with E-state index in [1.807, 2.05) is 42.5 Å². The Morgan fingerprint density at radius 2 is 1.58 bits per heavy atom. The van der Waals surface area contributed by atoms with Crippen molar-refractivity contribution in [2.24, 2.45) is 0 Å². The van der Waals surface area contributed by atoms with Gasteiger partial charge in [0.05, 0.1) is 6.61 Å². The third kappa shape index (κ3) is 9.94. The monoisotopic (exact) mass is 424 g/mol. The molecule has 31 heavy (non-hydrogen) atoms. The van der Waals surface area contributed by atoms with Crippen molar-refractivity contribution in [3.63, 3.8) is 0 Å². The lowest BCUT2D eigenvalue weighted by molar-refractivity contribution is -0.143. The van der Waals surface area contributed by atoms with Gasteiger partial charge in [0.1, 0.15) is 0 Å². The molecule has 0 saturated heterocycles. The zero-order chi connectivity index (χ0) is 22.5. The van der Waals surface area contributed by atoms with E-state index in [0.29, 0.717) is 31.6 Å². The number of carbonyl (C=O) groups excluding carboxylic acids is 3. The molecule has 0 aliphatic rings. The zero-order valence-electron chi connectivity index (χ0n) is 18.4. The summed E-state index contributed by atoms with van der Waals surface area (Å²) in [5.74, 6) is -0.340. The number of aryl methyl sites for hydroxylation is 2. The fourth-order valence-corrected chi connectivity index (χ4v) is 3.08. The molecule has 2 aromatic rings. The van der Waals surface area contributed by atoms with Crippen LogP contribution in [-0.2, 0) is 32.0 Å². The SMILES string of the molecule is CN(C)C(=O)CCc1cccc(NC(=O)CCCC(=O)OCCCc2ccccc2)c1. The van der Waals surface area contributed by atoms with Gasteiger partial charge in [-0.3, -0.25) is 14.4 Å². The molecule has 2 rings (SSSR count). The number of nitrogens with one attached hydrogen (secondary N) is 1. The number of hydrogen-bond donors (Lipinski definition) is 1. The van der Waals surface area contributed by atoms with Crippen molar-refractivity contribution in [3.8, 4) is 0 Å². The molecule has 0 fully saturated rings. The Morgan fingerprint density at radius 3 is 2.32 bits per heavy atom. The number of rotatable bonds is 12. The third-order valence-electron chi connectivity index (χ3n) is 4.84. The van der Waals surface area contributed by atoms with Crippen LogP contribution in [0.2, 0.25) is 0 Å². The summed E-state index contributed by atoms with van der Waals surface area (Å²) in [6.07, 6.45) is 3.63. The maximum absolute atomic E-state index is 12.2. The first-order valence-corrected chi connectivity index (χ1v) is 10.7. The Labute approximate surface area is 184 Å². The van der Waals surface area contributed by atoms with Crippen molar-refractivity contribution < 1.29 is 19.1 Å². The van der Waals surface area contributed by atoms with E-state index in [2.05, 4.69) is 17.4 Å². The molecule has 0 bridgehead atoms. The van der Waals surface area contributed by atoms with Gasteiger partial charge in [0, 0.05) is 39.0 Å². The van der Waals surface area contributed by atoms with Gasteiger partial charge in [-0.25, -0.2) is 0 Å². The van der Waals surface area contributed by atoms with E-state index in [9.17, 15) is 14.4 Å².